The highest BCUT2D eigenvalue weighted by molar-refractivity contribution is 9.10. The number of carbonyl (C=O) groups excluding carboxylic acids is 1. The van der Waals surface area contributed by atoms with Crippen LogP contribution in [0.4, 0.5) is 4.39 Å². The minimum Gasteiger partial charge on any atom is -0.496 e. The van der Waals surface area contributed by atoms with Crippen molar-refractivity contribution < 1.29 is 13.9 Å². The Morgan fingerprint density at radius 1 is 1.04 bits per heavy atom. The van der Waals surface area contributed by atoms with Crippen molar-refractivity contribution in [3.8, 4) is 5.75 Å². The first-order valence-corrected chi connectivity index (χ1v) is 10.4. The van der Waals surface area contributed by atoms with Crippen molar-refractivity contribution in [3.63, 3.8) is 0 Å². The van der Waals surface area contributed by atoms with Crippen LogP contribution in [0.3, 0.4) is 0 Å². The SMILES string of the molecule is COc1ccccc1/C=C(/SCc1ccc(F)cc1)C(=O)c1ccc(Br)cc1. The molecule has 0 heterocycles. The summed E-state index contributed by atoms with van der Waals surface area (Å²) in [5.74, 6) is 0.921. The number of rotatable bonds is 7. The molecule has 142 valence electrons. The van der Waals surface area contributed by atoms with Crippen molar-refractivity contribution in [2.75, 3.05) is 7.11 Å². The molecule has 0 bridgehead atoms. The van der Waals surface area contributed by atoms with Crippen molar-refractivity contribution in [3.05, 3.63) is 105 Å². The molecule has 2 nitrogen and oxygen atoms in total. The molecule has 0 amide bonds. The number of methoxy groups -OCH3 is 1. The number of Topliss-reactive ketones (excluding diaryl/α,β-unsaturated/α-hetero) is 1. The lowest BCUT2D eigenvalue weighted by Crippen LogP contribution is -2.02. The van der Waals surface area contributed by atoms with E-state index in [9.17, 15) is 9.18 Å². The Hall–Kier alpha value is -2.37. The van der Waals surface area contributed by atoms with E-state index in [1.807, 2.05) is 42.5 Å². The van der Waals surface area contributed by atoms with Gasteiger partial charge in [-0.2, -0.15) is 0 Å². The van der Waals surface area contributed by atoms with E-state index < -0.39 is 0 Å². The molecule has 0 aromatic heterocycles. The van der Waals surface area contributed by atoms with Gasteiger partial charge >= 0.3 is 0 Å². The van der Waals surface area contributed by atoms with E-state index in [1.54, 1.807) is 31.4 Å². The molecule has 0 saturated carbocycles. The Morgan fingerprint density at radius 2 is 1.71 bits per heavy atom. The molecule has 0 unspecified atom stereocenters. The largest absolute Gasteiger partial charge is 0.496 e. The Balaban J connectivity index is 1.92. The van der Waals surface area contributed by atoms with E-state index in [4.69, 9.17) is 4.74 Å². The van der Waals surface area contributed by atoms with E-state index in [0.717, 1.165) is 15.6 Å². The number of ether oxygens (including phenoxy) is 1. The van der Waals surface area contributed by atoms with Crippen LogP contribution < -0.4 is 4.74 Å². The third-order valence-corrected chi connectivity index (χ3v) is 5.68. The standard InChI is InChI=1S/C23H18BrFO2S/c1-27-21-5-3-2-4-18(21)14-22(23(26)17-8-10-19(24)11-9-17)28-15-16-6-12-20(25)13-7-16/h2-14H,15H2,1H3/b22-14+. The average Bonchev–Trinajstić information content (AvgIpc) is 2.72. The van der Waals surface area contributed by atoms with Gasteiger partial charge in [0.1, 0.15) is 11.6 Å². The van der Waals surface area contributed by atoms with Gasteiger partial charge in [-0.05, 0) is 54.1 Å². The topological polar surface area (TPSA) is 26.3 Å². The maximum absolute atomic E-state index is 13.1. The van der Waals surface area contributed by atoms with Gasteiger partial charge in [0.15, 0.2) is 5.78 Å². The molecule has 0 atom stereocenters. The van der Waals surface area contributed by atoms with Crippen LogP contribution in [-0.4, -0.2) is 12.9 Å². The van der Waals surface area contributed by atoms with E-state index in [0.29, 0.717) is 22.0 Å². The zero-order valence-corrected chi connectivity index (χ0v) is 17.6. The predicted molar refractivity (Wildman–Crippen MR) is 117 cm³/mol. The fraction of sp³-hybridized carbons (Fsp3) is 0.0870. The first kappa shape index (κ1) is 20.4. The summed E-state index contributed by atoms with van der Waals surface area (Å²) in [6.07, 6.45) is 1.84. The minimum atomic E-state index is -0.274. The Morgan fingerprint density at radius 3 is 2.39 bits per heavy atom. The molecule has 5 heteroatoms. The molecule has 28 heavy (non-hydrogen) atoms. The number of benzene rings is 3. The Kier molecular flexibility index (Phi) is 7.06. The van der Waals surface area contributed by atoms with Gasteiger partial charge in [-0.1, -0.05) is 46.3 Å². The lowest BCUT2D eigenvalue weighted by molar-refractivity contribution is 0.104. The lowest BCUT2D eigenvalue weighted by atomic mass is 10.1. The number of para-hydroxylation sites is 1. The summed E-state index contributed by atoms with van der Waals surface area (Å²) in [7, 11) is 1.61. The molecule has 0 fully saturated rings. The van der Waals surface area contributed by atoms with E-state index in [2.05, 4.69) is 15.9 Å². The molecule has 3 aromatic carbocycles. The summed E-state index contributed by atoms with van der Waals surface area (Å²) in [5.41, 5.74) is 2.38. The van der Waals surface area contributed by atoms with Crippen LogP contribution in [0.15, 0.2) is 82.2 Å². The third kappa shape index (κ3) is 5.33. The van der Waals surface area contributed by atoms with Crippen molar-refractivity contribution in [1.29, 1.82) is 0 Å². The van der Waals surface area contributed by atoms with E-state index in [1.165, 1.54) is 23.9 Å². The zero-order valence-electron chi connectivity index (χ0n) is 15.2. The second kappa shape index (κ2) is 9.71. The molecule has 3 rings (SSSR count). The average molecular weight is 457 g/mol. The van der Waals surface area contributed by atoms with Crippen molar-refractivity contribution in [2.24, 2.45) is 0 Å². The molecule has 0 aliphatic carbocycles. The highest BCUT2D eigenvalue weighted by atomic mass is 79.9. The van der Waals surface area contributed by atoms with Crippen LogP contribution in [0.25, 0.3) is 6.08 Å². The first-order valence-electron chi connectivity index (χ1n) is 8.59. The first-order chi connectivity index (χ1) is 13.6. The summed E-state index contributed by atoms with van der Waals surface area (Å²) in [4.78, 5) is 13.7. The minimum absolute atomic E-state index is 0.0643. The lowest BCUT2D eigenvalue weighted by Gasteiger charge is -2.10. The number of hydrogen-bond donors (Lipinski definition) is 0. The summed E-state index contributed by atoms with van der Waals surface area (Å²) >= 11 is 4.82. The van der Waals surface area contributed by atoms with E-state index >= 15 is 0 Å². The molecular formula is C23H18BrFO2S. The monoisotopic (exact) mass is 456 g/mol. The van der Waals surface area contributed by atoms with Gasteiger partial charge in [0, 0.05) is 21.4 Å². The fourth-order valence-electron chi connectivity index (χ4n) is 2.58. The van der Waals surface area contributed by atoms with Crippen LogP contribution in [0, 0.1) is 5.82 Å². The van der Waals surface area contributed by atoms with Crippen molar-refractivity contribution in [1.82, 2.24) is 0 Å². The summed E-state index contributed by atoms with van der Waals surface area (Å²) in [5, 5.41) is 0. The summed E-state index contributed by atoms with van der Waals surface area (Å²) < 4.78 is 19.5. The number of carbonyl (C=O) groups is 1. The smallest absolute Gasteiger partial charge is 0.199 e. The van der Waals surface area contributed by atoms with Crippen molar-refractivity contribution >= 4 is 39.6 Å². The van der Waals surface area contributed by atoms with Gasteiger partial charge in [0.25, 0.3) is 0 Å². The van der Waals surface area contributed by atoms with E-state index in [-0.39, 0.29) is 11.6 Å². The maximum atomic E-state index is 13.1. The molecule has 0 aliphatic heterocycles. The van der Waals surface area contributed by atoms with Gasteiger partial charge in [-0.3, -0.25) is 4.79 Å². The fourth-order valence-corrected chi connectivity index (χ4v) is 3.82. The molecule has 0 radical (unpaired) electrons. The predicted octanol–water partition coefficient (Wildman–Crippen LogP) is 6.75. The molecule has 0 aliphatic rings. The molecule has 0 saturated heterocycles. The molecule has 3 aromatic rings. The van der Waals surface area contributed by atoms with Gasteiger partial charge in [0.05, 0.1) is 12.0 Å². The molecular weight excluding hydrogens is 439 g/mol. The van der Waals surface area contributed by atoms with Crippen LogP contribution in [-0.2, 0) is 5.75 Å². The van der Waals surface area contributed by atoms with Gasteiger partial charge in [-0.15, -0.1) is 11.8 Å². The molecule has 0 spiro atoms. The second-order valence-corrected chi connectivity index (χ2v) is 7.93. The summed E-state index contributed by atoms with van der Waals surface area (Å²) in [6.45, 7) is 0. The zero-order chi connectivity index (χ0) is 19.9. The van der Waals surface area contributed by atoms with Crippen LogP contribution in [0.5, 0.6) is 5.75 Å². The second-order valence-electron chi connectivity index (χ2n) is 6.00. The highest BCUT2D eigenvalue weighted by Gasteiger charge is 2.15. The molecule has 0 N–H and O–H groups in total. The van der Waals surface area contributed by atoms with Crippen LogP contribution in [0.2, 0.25) is 0 Å². The van der Waals surface area contributed by atoms with Gasteiger partial charge in [0.2, 0.25) is 0 Å². The normalized spacial score (nSPS) is 11.3. The Bertz CT molecular complexity index is 982. The van der Waals surface area contributed by atoms with Crippen LogP contribution >= 0.6 is 27.7 Å². The number of allylic oxidation sites excluding steroid dienone is 1. The number of halogens is 2. The maximum Gasteiger partial charge on any atom is 0.199 e. The van der Waals surface area contributed by atoms with Gasteiger partial charge < -0.3 is 4.74 Å². The number of hydrogen-bond acceptors (Lipinski definition) is 3. The number of thioether (sulfide) groups is 1. The van der Waals surface area contributed by atoms with Crippen molar-refractivity contribution in [2.45, 2.75) is 5.75 Å². The third-order valence-electron chi connectivity index (χ3n) is 4.06. The number of ketones is 1. The quantitative estimate of drug-likeness (QED) is 0.290. The summed E-state index contributed by atoms with van der Waals surface area (Å²) in [6, 6.07) is 21.1. The van der Waals surface area contributed by atoms with Crippen LogP contribution in [0.1, 0.15) is 21.5 Å². The van der Waals surface area contributed by atoms with Gasteiger partial charge in [-0.25, -0.2) is 4.39 Å². The Labute approximate surface area is 176 Å². The highest BCUT2D eigenvalue weighted by Crippen LogP contribution is 2.30.